The van der Waals surface area contributed by atoms with Crippen molar-refractivity contribution in [2.75, 3.05) is 0 Å². The van der Waals surface area contributed by atoms with Gasteiger partial charge in [-0.25, -0.2) is 0 Å². The predicted molar refractivity (Wildman–Crippen MR) is 102 cm³/mol. The van der Waals surface area contributed by atoms with Crippen molar-refractivity contribution >= 4 is 0 Å². The first-order valence-electron chi connectivity index (χ1n) is 14.0. The molecule has 0 aromatic carbocycles. The summed E-state index contributed by atoms with van der Waals surface area (Å²) in [6, 6.07) is 0. The molecule has 0 aromatic heterocycles. The summed E-state index contributed by atoms with van der Waals surface area (Å²) in [7, 11) is 0. The fraction of sp³-hybridized carbons (Fsp3) is 1.00. The van der Waals surface area contributed by atoms with E-state index in [1.807, 2.05) is 0 Å². The van der Waals surface area contributed by atoms with Crippen molar-refractivity contribution < 1.29 is 0 Å². The van der Waals surface area contributed by atoms with E-state index in [-0.39, 0.29) is 0 Å². The molecule has 0 spiro atoms. The van der Waals surface area contributed by atoms with Crippen LogP contribution in [0.2, 0.25) is 0 Å². The molecule has 0 radical (unpaired) electrons. The minimum Gasteiger partial charge on any atom is -0.0496 e. The first-order chi connectivity index (χ1) is 14.0. The van der Waals surface area contributed by atoms with Gasteiger partial charge in [0.05, 0.1) is 0 Å². The smallest absolute Gasteiger partial charge is 0.0312 e. The second kappa shape index (κ2) is 3.16. The Morgan fingerprint density at radius 2 is 0.321 bits per heavy atom. The van der Waals surface area contributed by atoms with E-state index in [0.717, 1.165) is 0 Å². The molecule has 0 bridgehead atoms. The average molecular weight is 369 g/mol. The Hall–Kier alpha value is 0. The van der Waals surface area contributed by atoms with Crippen LogP contribution in [0.25, 0.3) is 0 Å². The Balaban J connectivity index is 0.835. The van der Waals surface area contributed by atoms with E-state index in [1.165, 1.54) is 142 Å². The summed E-state index contributed by atoms with van der Waals surface area (Å²) >= 11 is 0. The van der Waals surface area contributed by atoms with E-state index in [0.29, 0.717) is 0 Å². The molecule has 144 valence electrons. The van der Waals surface area contributed by atoms with Crippen LogP contribution in [0, 0.1) is 142 Å². The second-order valence-electron chi connectivity index (χ2n) is 15.4. The second-order valence-corrected chi connectivity index (χ2v) is 15.4. The maximum Gasteiger partial charge on any atom is -0.0312 e. The molecule has 0 heterocycles. The topological polar surface area (TPSA) is 0 Å². The van der Waals surface area contributed by atoms with Gasteiger partial charge < -0.3 is 0 Å². The van der Waals surface area contributed by atoms with Crippen LogP contribution >= 0.6 is 0 Å². The van der Waals surface area contributed by atoms with Gasteiger partial charge in [0.1, 0.15) is 0 Å². The Bertz CT molecular complexity index is 790. The van der Waals surface area contributed by atoms with E-state index >= 15 is 0 Å². The van der Waals surface area contributed by atoms with Gasteiger partial charge in [-0.2, -0.15) is 0 Å². The van der Waals surface area contributed by atoms with Crippen molar-refractivity contribution in [2.24, 2.45) is 142 Å². The monoisotopic (exact) mass is 368 g/mol. The lowest BCUT2D eigenvalue weighted by Crippen LogP contribution is -2.95. The fourth-order valence-electron chi connectivity index (χ4n) is 17.0. The molecule has 0 saturated heterocycles. The van der Waals surface area contributed by atoms with Crippen LogP contribution in [0.4, 0.5) is 0 Å². The van der Waals surface area contributed by atoms with Gasteiger partial charge in [-0.3, -0.25) is 0 Å². The van der Waals surface area contributed by atoms with Crippen LogP contribution in [-0.4, -0.2) is 0 Å². The average Bonchev–Trinajstić information content (AvgIpc) is 2.60. The third-order valence-corrected chi connectivity index (χ3v) is 17.2. The van der Waals surface area contributed by atoms with E-state index in [4.69, 9.17) is 0 Å². The first-order valence-corrected chi connectivity index (χ1v) is 14.0. The Kier molecular flexibility index (Phi) is 1.44. The van der Waals surface area contributed by atoms with Gasteiger partial charge >= 0.3 is 0 Å². The lowest BCUT2D eigenvalue weighted by atomic mass is 9.06. The SMILES string of the molecule is C1CC2C1C1C2C2C1C1C2C2C1C1C2C2C3C4C5C6C7CCC7C6C5C4C3C12. The molecular weight excluding hydrogens is 336 g/mol. The standard InChI is InChI=1S/C28H32/c1-2-6-5(1)9-10(6)14-13(9)17-18(14)22-21(17)25-26(22)28-24-20-16-12-8-4-3-7(8)11(12)15(16)19(20)23(24)27(25)28/h5-28H,1-4H2. The van der Waals surface area contributed by atoms with Crippen molar-refractivity contribution in [1.82, 2.24) is 0 Å². The van der Waals surface area contributed by atoms with Gasteiger partial charge in [0.15, 0.2) is 0 Å². The van der Waals surface area contributed by atoms with Gasteiger partial charge in [-0.05, 0) is 168 Å². The molecule has 20 unspecified atom stereocenters. The third kappa shape index (κ3) is 0.762. The van der Waals surface area contributed by atoms with Crippen LogP contribution in [0.5, 0.6) is 0 Å². The normalized spacial score (nSPS) is 96.0. The molecule has 0 N–H and O–H groups in total. The number of rotatable bonds is 0. The lowest BCUT2D eigenvalue weighted by Gasteiger charge is -2.99. The largest absolute Gasteiger partial charge is 0.0496 e. The van der Waals surface area contributed by atoms with Gasteiger partial charge in [0, 0.05) is 0 Å². The van der Waals surface area contributed by atoms with Gasteiger partial charge in [-0.1, -0.05) is 0 Å². The molecule has 0 aliphatic heterocycles. The summed E-state index contributed by atoms with van der Waals surface area (Å²) in [6.45, 7) is 0. The van der Waals surface area contributed by atoms with E-state index in [2.05, 4.69) is 0 Å². The molecular formula is C28H32. The van der Waals surface area contributed by atoms with Crippen LogP contribution in [0.3, 0.4) is 0 Å². The zero-order chi connectivity index (χ0) is 16.7. The lowest BCUT2D eigenvalue weighted by molar-refractivity contribution is -0.521. The zero-order valence-electron chi connectivity index (χ0n) is 16.7. The zero-order valence-corrected chi connectivity index (χ0v) is 16.7. The molecule has 0 heteroatoms. The van der Waals surface area contributed by atoms with E-state index < -0.39 is 0 Å². The Morgan fingerprint density at radius 1 is 0.179 bits per heavy atom. The fourth-order valence-corrected chi connectivity index (χ4v) is 17.0. The maximum atomic E-state index is 1.65. The Morgan fingerprint density at radius 3 is 0.464 bits per heavy atom. The quantitative estimate of drug-likeness (QED) is 0.552. The highest BCUT2D eigenvalue weighted by atomic mass is 15.0. The number of hydrogen-bond acceptors (Lipinski definition) is 0. The maximum absolute atomic E-state index is 1.65. The van der Waals surface area contributed by atoms with Crippen LogP contribution in [-0.2, 0) is 0 Å². The molecule has 0 aromatic rings. The van der Waals surface area contributed by atoms with Gasteiger partial charge in [0.25, 0.3) is 0 Å². The summed E-state index contributed by atoms with van der Waals surface area (Å²) in [5.41, 5.74) is 0. The first kappa shape index (κ1) is 12.8. The Labute approximate surface area is 168 Å². The van der Waals surface area contributed by atoms with E-state index in [9.17, 15) is 0 Å². The van der Waals surface area contributed by atoms with Gasteiger partial charge in [0.2, 0.25) is 0 Å². The minimum absolute atomic E-state index is 1.27. The molecule has 13 rings (SSSR count). The molecule has 13 aliphatic rings. The van der Waals surface area contributed by atoms with Crippen molar-refractivity contribution in [3.63, 3.8) is 0 Å². The highest BCUT2D eigenvalue weighted by molar-refractivity contribution is 5.41. The van der Waals surface area contributed by atoms with Crippen molar-refractivity contribution in [1.29, 1.82) is 0 Å². The third-order valence-electron chi connectivity index (χ3n) is 17.2. The van der Waals surface area contributed by atoms with Crippen LogP contribution in [0.15, 0.2) is 0 Å². The highest BCUT2D eigenvalue weighted by Gasteiger charge is 2.95. The highest BCUT2D eigenvalue weighted by Crippen LogP contribution is 2.98. The number of hydrogen-bond donors (Lipinski definition) is 0. The summed E-state index contributed by atoms with van der Waals surface area (Å²) in [6.07, 6.45) is 6.60. The van der Waals surface area contributed by atoms with Crippen molar-refractivity contribution in [3.05, 3.63) is 0 Å². The van der Waals surface area contributed by atoms with Crippen LogP contribution < -0.4 is 0 Å². The van der Waals surface area contributed by atoms with E-state index in [1.54, 1.807) is 25.7 Å². The molecule has 28 heavy (non-hydrogen) atoms. The molecule has 20 atom stereocenters. The van der Waals surface area contributed by atoms with Crippen molar-refractivity contribution in [2.45, 2.75) is 25.7 Å². The summed E-state index contributed by atoms with van der Waals surface area (Å²) in [5.74, 6) is 31.4. The van der Waals surface area contributed by atoms with Crippen molar-refractivity contribution in [3.8, 4) is 0 Å². The molecule has 13 saturated carbocycles. The predicted octanol–water partition coefficient (Wildman–Crippen LogP) is 4.51. The molecule has 13 fully saturated rings. The molecule has 0 amide bonds. The summed E-state index contributed by atoms with van der Waals surface area (Å²) in [5, 5.41) is 0. The molecule has 0 nitrogen and oxygen atoms in total. The van der Waals surface area contributed by atoms with Gasteiger partial charge in [-0.15, -0.1) is 0 Å². The number of fused-ring (bicyclic) bond motifs is 34. The summed E-state index contributed by atoms with van der Waals surface area (Å²) < 4.78 is 0. The minimum atomic E-state index is 1.27. The van der Waals surface area contributed by atoms with Crippen LogP contribution in [0.1, 0.15) is 25.7 Å². The molecule has 13 aliphatic carbocycles. The summed E-state index contributed by atoms with van der Waals surface area (Å²) in [4.78, 5) is 0.